The number of aliphatic hydroxyl groups is 1. The van der Waals surface area contributed by atoms with Gasteiger partial charge in [0.2, 0.25) is 0 Å². The van der Waals surface area contributed by atoms with Crippen LogP contribution in [0.1, 0.15) is 11.1 Å². The van der Waals surface area contributed by atoms with E-state index in [1.807, 2.05) is 25.1 Å². The lowest BCUT2D eigenvalue weighted by Crippen LogP contribution is -2.33. The molecular formula is C13H18N2O2. The second kappa shape index (κ2) is 4.75. The lowest BCUT2D eigenvalue weighted by molar-refractivity contribution is 0.199. The first-order chi connectivity index (χ1) is 8.13. The summed E-state index contributed by atoms with van der Waals surface area (Å²) in [7, 11) is 0. The van der Waals surface area contributed by atoms with E-state index in [4.69, 9.17) is 5.11 Å². The van der Waals surface area contributed by atoms with Gasteiger partial charge in [-0.1, -0.05) is 6.07 Å². The third-order valence-corrected chi connectivity index (χ3v) is 3.27. The van der Waals surface area contributed by atoms with E-state index in [0.29, 0.717) is 19.6 Å². The Bertz CT molecular complexity index is 431. The Hall–Kier alpha value is -1.55. The van der Waals surface area contributed by atoms with Crippen molar-refractivity contribution < 1.29 is 9.90 Å². The molecule has 1 aliphatic rings. The molecule has 4 heteroatoms. The van der Waals surface area contributed by atoms with Crippen LogP contribution in [0.2, 0.25) is 0 Å². The van der Waals surface area contributed by atoms with Crippen molar-refractivity contribution in [1.82, 2.24) is 4.90 Å². The molecule has 1 fully saturated rings. The number of rotatable bonds is 3. The smallest absolute Gasteiger partial charge is 0.324 e. The number of carbonyl (C=O) groups is 1. The van der Waals surface area contributed by atoms with Crippen LogP contribution in [-0.2, 0) is 0 Å². The Morgan fingerprint density at radius 2 is 2.00 bits per heavy atom. The zero-order chi connectivity index (χ0) is 12.4. The van der Waals surface area contributed by atoms with Crippen LogP contribution < -0.4 is 4.90 Å². The van der Waals surface area contributed by atoms with Crippen LogP contribution in [0, 0.1) is 13.8 Å². The highest BCUT2D eigenvalue weighted by Gasteiger charge is 2.28. The van der Waals surface area contributed by atoms with Crippen LogP contribution >= 0.6 is 0 Å². The van der Waals surface area contributed by atoms with Gasteiger partial charge in [-0.15, -0.1) is 0 Å². The second-order valence-electron chi connectivity index (χ2n) is 4.41. The van der Waals surface area contributed by atoms with Gasteiger partial charge in [0.1, 0.15) is 0 Å². The van der Waals surface area contributed by atoms with Crippen molar-refractivity contribution >= 4 is 11.7 Å². The molecule has 0 aromatic heterocycles. The molecule has 17 heavy (non-hydrogen) atoms. The van der Waals surface area contributed by atoms with Gasteiger partial charge in [-0.05, 0) is 37.1 Å². The molecule has 0 spiro atoms. The summed E-state index contributed by atoms with van der Waals surface area (Å²) in [4.78, 5) is 15.5. The van der Waals surface area contributed by atoms with Gasteiger partial charge in [0.05, 0.1) is 6.61 Å². The molecule has 0 bridgehead atoms. The summed E-state index contributed by atoms with van der Waals surface area (Å²) in [6.45, 7) is 5.92. The van der Waals surface area contributed by atoms with E-state index in [1.54, 1.807) is 9.80 Å². The molecule has 0 atom stereocenters. The van der Waals surface area contributed by atoms with Gasteiger partial charge >= 0.3 is 6.03 Å². The zero-order valence-electron chi connectivity index (χ0n) is 10.3. The highest BCUT2D eigenvalue weighted by Crippen LogP contribution is 2.22. The minimum atomic E-state index is -0.0118. The summed E-state index contributed by atoms with van der Waals surface area (Å²) in [6.07, 6.45) is 0. The summed E-state index contributed by atoms with van der Waals surface area (Å²) in [6, 6.07) is 6.03. The summed E-state index contributed by atoms with van der Waals surface area (Å²) >= 11 is 0. The number of nitrogens with zero attached hydrogens (tertiary/aromatic N) is 2. The molecule has 1 heterocycles. The Balaban J connectivity index is 2.18. The Kier molecular flexibility index (Phi) is 3.33. The summed E-state index contributed by atoms with van der Waals surface area (Å²) < 4.78 is 0. The van der Waals surface area contributed by atoms with E-state index in [1.165, 1.54) is 11.1 Å². The van der Waals surface area contributed by atoms with E-state index < -0.39 is 0 Å². The summed E-state index contributed by atoms with van der Waals surface area (Å²) in [5, 5.41) is 8.87. The predicted molar refractivity (Wildman–Crippen MR) is 67.3 cm³/mol. The molecule has 1 aliphatic heterocycles. The first-order valence-corrected chi connectivity index (χ1v) is 5.88. The van der Waals surface area contributed by atoms with E-state index in [2.05, 4.69) is 6.92 Å². The number of benzene rings is 1. The fourth-order valence-electron chi connectivity index (χ4n) is 2.04. The van der Waals surface area contributed by atoms with Gasteiger partial charge < -0.3 is 10.0 Å². The highest BCUT2D eigenvalue weighted by molar-refractivity contribution is 5.94. The molecule has 0 aliphatic carbocycles. The molecule has 1 aromatic rings. The van der Waals surface area contributed by atoms with Crippen LogP contribution in [0.25, 0.3) is 0 Å². The molecule has 0 saturated carbocycles. The van der Waals surface area contributed by atoms with Gasteiger partial charge in [0.25, 0.3) is 0 Å². The molecule has 0 unspecified atom stereocenters. The van der Waals surface area contributed by atoms with Crippen LogP contribution in [0.15, 0.2) is 18.2 Å². The van der Waals surface area contributed by atoms with Crippen molar-refractivity contribution in [3.05, 3.63) is 29.3 Å². The van der Waals surface area contributed by atoms with Crippen molar-refractivity contribution in [1.29, 1.82) is 0 Å². The number of β-amino-alcohol motifs (C(OH)–C–C–N with tert-alkyl or cyclic N) is 1. The highest BCUT2D eigenvalue weighted by atomic mass is 16.3. The number of carbonyl (C=O) groups excluding carboxylic acids is 1. The molecule has 92 valence electrons. The second-order valence-corrected chi connectivity index (χ2v) is 4.41. The van der Waals surface area contributed by atoms with Gasteiger partial charge in [0.15, 0.2) is 0 Å². The molecular weight excluding hydrogens is 216 g/mol. The summed E-state index contributed by atoms with van der Waals surface area (Å²) in [5.41, 5.74) is 3.36. The van der Waals surface area contributed by atoms with Crippen molar-refractivity contribution in [3.63, 3.8) is 0 Å². The normalized spacial score (nSPS) is 15.8. The molecule has 2 rings (SSSR count). The first kappa shape index (κ1) is 11.9. The predicted octanol–water partition coefficient (Wildman–Crippen LogP) is 1.54. The van der Waals surface area contributed by atoms with Crippen LogP contribution in [-0.4, -0.2) is 42.3 Å². The van der Waals surface area contributed by atoms with Gasteiger partial charge in [-0.2, -0.15) is 0 Å². The lowest BCUT2D eigenvalue weighted by Gasteiger charge is -2.18. The quantitative estimate of drug-likeness (QED) is 0.862. The van der Waals surface area contributed by atoms with E-state index >= 15 is 0 Å². The largest absolute Gasteiger partial charge is 0.395 e. The van der Waals surface area contributed by atoms with Gasteiger partial charge in [-0.3, -0.25) is 4.90 Å². The molecule has 1 saturated heterocycles. The van der Waals surface area contributed by atoms with Crippen molar-refractivity contribution in [2.75, 3.05) is 31.1 Å². The Morgan fingerprint density at radius 3 is 2.65 bits per heavy atom. The SMILES string of the molecule is Cc1ccc(N2CCN(CCO)C2=O)cc1C. The minimum Gasteiger partial charge on any atom is -0.395 e. The average Bonchev–Trinajstić information content (AvgIpc) is 2.66. The van der Waals surface area contributed by atoms with Crippen LogP contribution in [0.4, 0.5) is 10.5 Å². The van der Waals surface area contributed by atoms with E-state index in [-0.39, 0.29) is 12.6 Å². The Morgan fingerprint density at radius 1 is 1.24 bits per heavy atom. The maximum absolute atomic E-state index is 12.0. The average molecular weight is 234 g/mol. The fourth-order valence-corrected chi connectivity index (χ4v) is 2.04. The monoisotopic (exact) mass is 234 g/mol. The number of urea groups is 1. The van der Waals surface area contributed by atoms with Crippen LogP contribution in [0.3, 0.4) is 0 Å². The number of aliphatic hydroxyl groups excluding tert-OH is 1. The number of amides is 2. The molecule has 4 nitrogen and oxygen atoms in total. The zero-order valence-corrected chi connectivity index (χ0v) is 10.3. The molecule has 2 amide bonds. The number of aryl methyl sites for hydroxylation is 2. The fraction of sp³-hybridized carbons (Fsp3) is 0.462. The Labute approximate surface area is 101 Å². The summed E-state index contributed by atoms with van der Waals surface area (Å²) in [5.74, 6) is 0. The molecule has 0 radical (unpaired) electrons. The van der Waals surface area contributed by atoms with E-state index in [9.17, 15) is 4.79 Å². The maximum Gasteiger partial charge on any atom is 0.324 e. The van der Waals surface area contributed by atoms with Crippen molar-refractivity contribution in [3.8, 4) is 0 Å². The number of anilines is 1. The molecule has 1 N–H and O–H groups in total. The standard InChI is InChI=1S/C13H18N2O2/c1-10-3-4-12(9-11(10)2)15-6-5-14(7-8-16)13(15)17/h3-4,9,16H,5-8H2,1-2H3. The van der Waals surface area contributed by atoms with Crippen molar-refractivity contribution in [2.45, 2.75) is 13.8 Å². The first-order valence-electron chi connectivity index (χ1n) is 5.88. The topological polar surface area (TPSA) is 43.8 Å². The minimum absolute atomic E-state index is 0.0118. The molecule has 1 aromatic carbocycles. The van der Waals surface area contributed by atoms with Crippen molar-refractivity contribution in [2.24, 2.45) is 0 Å². The maximum atomic E-state index is 12.0. The van der Waals surface area contributed by atoms with Gasteiger partial charge in [-0.25, -0.2) is 4.79 Å². The van der Waals surface area contributed by atoms with Crippen LogP contribution in [0.5, 0.6) is 0 Å². The number of hydrogen-bond donors (Lipinski definition) is 1. The third-order valence-electron chi connectivity index (χ3n) is 3.27. The van der Waals surface area contributed by atoms with E-state index in [0.717, 1.165) is 5.69 Å². The number of hydrogen-bond acceptors (Lipinski definition) is 2. The van der Waals surface area contributed by atoms with Gasteiger partial charge in [0, 0.05) is 25.3 Å². The lowest BCUT2D eigenvalue weighted by atomic mass is 10.1. The third kappa shape index (κ3) is 2.26.